The molecule has 25 heavy (non-hydrogen) atoms. The highest BCUT2D eigenvalue weighted by Gasteiger charge is 2.29. The molecule has 1 aromatic heterocycles. The van der Waals surface area contributed by atoms with E-state index in [0.29, 0.717) is 37.6 Å². The van der Waals surface area contributed by atoms with Gasteiger partial charge in [0.25, 0.3) is 5.91 Å². The van der Waals surface area contributed by atoms with Gasteiger partial charge in [-0.3, -0.25) is 9.59 Å². The van der Waals surface area contributed by atoms with E-state index >= 15 is 0 Å². The van der Waals surface area contributed by atoms with Crippen molar-refractivity contribution in [2.24, 2.45) is 5.92 Å². The number of oxazole rings is 1. The van der Waals surface area contributed by atoms with Crippen molar-refractivity contribution in [1.29, 1.82) is 0 Å². The molecule has 132 valence electrons. The molecule has 0 unspecified atom stereocenters. The molecule has 0 spiro atoms. The van der Waals surface area contributed by atoms with E-state index in [1.54, 1.807) is 13.8 Å². The molecule has 3 rings (SSSR count). The molecular weight excluding hydrogens is 318 g/mol. The third-order valence-corrected chi connectivity index (χ3v) is 4.47. The van der Waals surface area contributed by atoms with E-state index in [2.05, 4.69) is 22.4 Å². The van der Waals surface area contributed by atoms with Crippen LogP contribution in [-0.2, 0) is 11.2 Å². The Hall–Kier alpha value is -2.63. The summed E-state index contributed by atoms with van der Waals surface area (Å²) >= 11 is 0. The van der Waals surface area contributed by atoms with Crippen molar-refractivity contribution in [2.75, 3.05) is 19.6 Å². The maximum Gasteiger partial charge on any atom is 0.289 e. The SMILES string of the molecule is Cc1nc(C)c(C(=O)NC[C@H]2CC(=O)N(CCc3ccccc3)C2)o1. The Bertz CT molecular complexity index is 755. The van der Waals surface area contributed by atoms with E-state index in [4.69, 9.17) is 4.42 Å². The van der Waals surface area contributed by atoms with Gasteiger partial charge in [-0.15, -0.1) is 0 Å². The molecule has 1 N–H and O–H groups in total. The van der Waals surface area contributed by atoms with E-state index in [-0.39, 0.29) is 23.5 Å². The summed E-state index contributed by atoms with van der Waals surface area (Å²) in [5.74, 6) is 0.750. The van der Waals surface area contributed by atoms with Crippen LogP contribution < -0.4 is 5.32 Å². The number of nitrogens with one attached hydrogen (secondary N) is 1. The van der Waals surface area contributed by atoms with Gasteiger partial charge in [0.05, 0.1) is 5.69 Å². The number of likely N-dealkylation sites (tertiary alicyclic amines) is 1. The number of benzene rings is 1. The molecule has 1 atom stereocenters. The third kappa shape index (κ3) is 4.26. The minimum absolute atomic E-state index is 0.136. The van der Waals surface area contributed by atoms with Crippen molar-refractivity contribution in [2.45, 2.75) is 26.7 Å². The van der Waals surface area contributed by atoms with Crippen molar-refractivity contribution >= 4 is 11.8 Å². The number of hydrogen-bond donors (Lipinski definition) is 1. The van der Waals surface area contributed by atoms with Crippen LogP contribution in [0, 0.1) is 19.8 Å². The fourth-order valence-electron chi connectivity index (χ4n) is 3.17. The summed E-state index contributed by atoms with van der Waals surface area (Å²) in [6, 6.07) is 10.1. The Morgan fingerprint density at radius 2 is 2.08 bits per heavy atom. The van der Waals surface area contributed by atoms with Gasteiger partial charge in [0.15, 0.2) is 5.89 Å². The number of nitrogens with zero attached hydrogens (tertiary/aromatic N) is 2. The Labute approximate surface area is 147 Å². The zero-order valence-corrected chi connectivity index (χ0v) is 14.6. The summed E-state index contributed by atoms with van der Waals surface area (Å²) in [6.07, 6.45) is 1.33. The van der Waals surface area contributed by atoms with Gasteiger partial charge in [-0.25, -0.2) is 4.98 Å². The summed E-state index contributed by atoms with van der Waals surface area (Å²) in [7, 11) is 0. The average molecular weight is 341 g/mol. The van der Waals surface area contributed by atoms with Crippen LogP contribution in [0.15, 0.2) is 34.7 Å². The molecule has 6 nitrogen and oxygen atoms in total. The van der Waals surface area contributed by atoms with Crippen LogP contribution in [0.2, 0.25) is 0 Å². The first-order valence-corrected chi connectivity index (χ1v) is 8.57. The number of amides is 2. The van der Waals surface area contributed by atoms with Crippen molar-refractivity contribution in [3.8, 4) is 0 Å². The minimum Gasteiger partial charge on any atom is -0.436 e. The van der Waals surface area contributed by atoms with E-state index in [0.717, 1.165) is 6.42 Å². The zero-order valence-electron chi connectivity index (χ0n) is 14.6. The molecular formula is C19H23N3O3. The van der Waals surface area contributed by atoms with Crippen LogP contribution in [0.4, 0.5) is 0 Å². The lowest BCUT2D eigenvalue weighted by atomic mass is 10.1. The molecule has 2 heterocycles. The second-order valence-electron chi connectivity index (χ2n) is 6.50. The molecule has 0 saturated carbocycles. The highest BCUT2D eigenvalue weighted by Crippen LogP contribution is 2.18. The molecule has 0 aliphatic carbocycles. The lowest BCUT2D eigenvalue weighted by molar-refractivity contribution is -0.127. The van der Waals surface area contributed by atoms with Gasteiger partial charge in [0.1, 0.15) is 0 Å². The lowest BCUT2D eigenvalue weighted by Crippen LogP contribution is -2.32. The molecule has 1 aromatic carbocycles. The normalized spacial score (nSPS) is 17.1. The number of aryl methyl sites for hydroxylation is 2. The standard InChI is InChI=1S/C19H23N3O3/c1-13-18(25-14(2)21-13)19(24)20-11-16-10-17(23)22(12-16)9-8-15-6-4-3-5-7-15/h3-7,16H,8-12H2,1-2H3,(H,20,24)/t16-/m1/s1. The monoisotopic (exact) mass is 341 g/mol. The predicted molar refractivity (Wildman–Crippen MR) is 93.1 cm³/mol. The van der Waals surface area contributed by atoms with Crippen molar-refractivity contribution in [3.05, 3.63) is 53.2 Å². The number of hydrogen-bond acceptors (Lipinski definition) is 4. The number of rotatable bonds is 6. The molecule has 0 bridgehead atoms. The zero-order chi connectivity index (χ0) is 17.8. The molecule has 6 heteroatoms. The van der Waals surface area contributed by atoms with E-state index in [9.17, 15) is 9.59 Å². The van der Waals surface area contributed by atoms with Gasteiger partial charge in [0, 0.05) is 38.9 Å². The highest BCUT2D eigenvalue weighted by molar-refractivity contribution is 5.92. The van der Waals surface area contributed by atoms with Crippen LogP contribution in [0.3, 0.4) is 0 Å². The summed E-state index contributed by atoms with van der Waals surface area (Å²) in [6.45, 7) is 5.32. The molecule has 2 amide bonds. The highest BCUT2D eigenvalue weighted by atomic mass is 16.4. The third-order valence-electron chi connectivity index (χ3n) is 4.47. The largest absolute Gasteiger partial charge is 0.436 e. The lowest BCUT2D eigenvalue weighted by Gasteiger charge is -2.16. The Kier molecular flexibility index (Phi) is 5.16. The molecule has 1 aliphatic rings. The van der Waals surface area contributed by atoms with Crippen LogP contribution >= 0.6 is 0 Å². The maximum absolute atomic E-state index is 12.2. The van der Waals surface area contributed by atoms with Gasteiger partial charge in [-0.05, 0) is 18.9 Å². The summed E-state index contributed by atoms with van der Waals surface area (Å²) in [5, 5.41) is 2.86. The molecule has 1 saturated heterocycles. The van der Waals surface area contributed by atoms with Crippen LogP contribution in [0.1, 0.15) is 34.1 Å². The first kappa shape index (κ1) is 17.2. The summed E-state index contributed by atoms with van der Waals surface area (Å²) < 4.78 is 5.32. The number of carbonyl (C=O) groups is 2. The Balaban J connectivity index is 1.47. The Morgan fingerprint density at radius 1 is 1.32 bits per heavy atom. The second kappa shape index (κ2) is 7.51. The van der Waals surface area contributed by atoms with Crippen LogP contribution in [0.25, 0.3) is 0 Å². The molecule has 1 aliphatic heterocycles. The summed E-state index contributed by atoms with van der Waals surface area (Å²) in [4.78, 5) is 30.3. The smallest absolute Gasteiger partial charge is 0.289 e. The van der Waals surface area contributed by atoms with Crippen molar-refractivity contribution in [1.82, 2.24) is 15.2 Å². The predicted octanol–water partition coefficient (Wildman–Crippen LogP) is 2.11. The number of aromatic nitrogens is 1. The van der Waals surface area contributed by atoms with Gasteiger partial charge in [-0.1, -0.05) is 30.3 Å². The second-order valence-corrected chi connectivity index (χ2v) is 6.50. The first-order chi connectivity index (χ1) is 12.0. The summed E-state index contributed by atoms with van der Waals surface area (Å²) in [5.41, 5.74) is 1.81. The maximum atomic E-state index is 12.2. The minimum atomic E-state index is -0.270. The van der Waals surface area contributed by atoms with Crippen molar-refractivity contribution < 1.29 is 14.0 Å². The molecule has 2 aromatic rings. The van der Waals surface area contributed by atoms with E-state index in [1.165, 1.54) is 5.56 Å². The van der Waals surface area contributed by atoms with Crippen LogP contribution in [0.5, 0.6) is 0 Å². The van der Waals surface area contributed by atoms with Crippen LogP contribution in [-0.4, -0.2) is 41.3 Å². The molecule has 0 radical (unpaired) electrons. The van der Waals surface area contributed by atoms with Gasteiger partial charge < -0.3 is 14.6 Å². The fraction of sp³-hybridized carbons (Fsp3) is 0.421. The molecule has 1 fully saturated rings. The van der Waals surface area contributed by atoms with Gasteiger partial charge in [-0.2, -0.15) is 0 Å². The van der Waals surface area contributed by atoms with Gasteiger partial charge in [0.2, 0.25) is 11.7 Å². The van der Waals surface area contributed by atoms with E-state index in [1.807, 2.05) is 23.1 Å². The number of carbonyl (C=O) groups excluding carboxylic acids is 2. The first-order valence-electron chi connectivity index (χ1n) is 8.57. The van der Waals surface area contributed by atoms with E-state index < -0.39 is 0 Å². The van der Waals surface area contributed by atoms with Crippen molar-refractivity contribution in [3.63, 3.8) is 0 Å². The fourth-order valence-corrected chi connectivity index (χ4v) is 3.17. The quantitative estimate of drug-likeness (QED) is 0.873. The topological polar surface area (TPSA) is 75.4 Å². The van der Waals surface area contributed by atoms with Gasteiger partial charge >= 0.3 is 0 Å². The Morgan fingerprint density at radius 3 is 2.76 bits per heavy atom. The average Bonchev–Trinajstić information content (AvgIpc) is 3.13.